The van der Waals surface area contributed by atoms with E-state index in [0.29, 0.717) is 23.3 Å². The molecule has 0 bridgehead atoms. The van der Waals surface area contributed by atoms with Crippen LogP contribution in [0.25, 0.3) is 5.57 Å². The van der Waals surface area contributed by atoms with E-state index in [1.54, 1.807) is 19.4 Å². The number of esters is 1. The highest BCUT2D eigenvalue weighted by molar-refractivity contribution is 6.18. The SMILES string of the molecule is CO/C=C(/C(=O)OC)c1ccccc1/C=N/OCc1cccc(OC)c1. The summed E-state index contributed by atoms with van der Waals surface area (Å²) in [4.78, 5) is 17.3. The number of hydrogen-bond donors (Lipinski definition) is 0. The van der Waals surface area contributed by atoms with Crippen molar-refractivity contribution < 1.29 is 23.8 Å². The maximum atomic E-state index is 12.0. The van der Waals surface area contributed by atoms with Crippen molar-refractivity contribution >= 4 is 17.8 Å². The summed E-state index contributed by atoms with van der Waals surface area (Å²) < 4.78 is 15.0. The van der Waals surface area contributed by atoms with Crippen LogP contribution >= 0.6 is 0 Å². The fourth-order valence-electron chi connectivity index (χ4n) is 2.27. The predicted octanol–water partition coefficient (Wildman–Crippen LogP) is 3.41. The fourth-order valence-corrected chi connectivity index (χ4v) is 2.27. The molecule has 0 amide bonds. The summed E-state index contributed by atoms with van der Waals surface area (Å²) >= 11 is 0. The molecule has 0 saturated carbocycles. The highest BCUT2D eigenvalue weighted by atomic mass is 16.6. The Bertz CT molecular complexity index is 798. The Balaban J connectivity index is 2.13. The minimum absolute atomic E-state index is 0.296. The number of methoxy groups -OCH3 is 3. The summed E-state index contributed by atoms with van der Waals surface area (Å²) in [5.41, 5.74) is 2.57. The third-order valence-electron chi connectivity index (χ3n) is 3.52. The molecule has 0 atom stereocenters. The van der Waals surface area contributed by atoms with Gasteiger partial charge in [0.25, 0.3) is 0 Å². The lowest BCUT2D eigenvalue weighted by Gasteiger charge is -2.08. The van der Waals surface area contributed by atoms with Gasteiger partial charge in [-0.25, -0.2) is 4.79 Å². The number of rotatable bonds is 8. The summed E-state index contributed by atoms with van der Waals surface area (Å²) in [7, 11) is 4.40. The molecular weight excluding hydrogens is 334 g/mol. The molecule has 0 N–H and O–H groups in total. The van der Waals surface area contributed by atoms with Gasteiger partial charge in [0.1, 0.15) is 17.9 Å². The molecular formula is C20H21NO5. The molecule has 0 aliphatic heterocycles. The molecule has 0 heterocycles. The number of ether oxygens (including phenoxy) is 3. The summed E-state index contributed by atoms with van der Waals surface area (Å²) in [5, 5.41) is 3.99. The van der Waals surface area contributed by atoms with Crippen LogP contribution in [-0.4, -0.2) is 33.5 Å². The van der Waals surface area contributed by atoms with Gasteiger partial charge in [0.15, 0.2) is 0 Å². The molecule has 0 aliphatic rings. The summed E-state index contributed by atoms with van der Waals surface area (Å²) in [6.07, 6.45) is 2.89. The molecule has 136 valence electrons. The molecule has 0 saturated heterocycles. The zero-order valence-electron chi connectivity index (χ0n) is 15.0. The monoisotopic (exact) mass is 355 g/mol. The van der Waals surface area contributed by atoms with Gasteiger partial charge in [0.05, 0.1) is 33.8 Å². The lowest BCUT2D eigenvalue weighted by atomic mass is 10.0. The largest absolute Gasteiger partial charge is 0.503 e. The average Bonchev–Trinajstić information content (AvgIpc) is 2.69. The standard InChI is InChI=1S/C20H21NO5/c1-23-14-19(20(22)25-3)18-10-5-4-8-16(18)12-21-26-13-15-7-6-9-17(11-15)24-2/h4-12,14H,13H2,1-3H3/b19-14+,21-12+. The van der Waals surface area contributed by atoms with Crippen LogP contribution in [-0.2, 0) is 25.7 Å². The number of carbonyl (C=O) groups is 1. The first-order chi connectivity index (χ1) is 12.7. The van der Waals surface area contributed by atoms with Gasteiger partial charge in [-0.15, -0.1) is 0 Å². The van der Waals surface area contributed by atoms with E-state index in [1.165, 1.54) is 20.5 Å². The van der Waals surface area contributed by atoms with Crippen LogP contribution in [0.15, 0.2) is 59.9 Å². The van der Waals surface area contributed by atoms with E-state index in [-0.39, 0.29) is 0 Å². The van der Waals surface area contributed by atoms with Crippen molar-refractivity contribution in [1.29, 1.82) is 0 Å². The Morgan fingerprint density at radius 3 is 2.62 bits per heavy atom. The van der Waals surface area contributed by atoms with Gasteiger partial charge in [0.2, 0.25) is 0 Å². The maximum absolute atomic E-state index is 12.0. The van der Waals surface area contributed by atoms with Crippen molar-refractivity contribution in [3.05, 3.63) is 71.5 Å². The zero-order valence-corrected chi connectivity index (χ0v) is 15.0. The summed E-state index contributed by atoms with van der Waals surface area (Å²) in [6, 6.07) is 14.8. The second-order valence-corrected chi connectivity index (χ2v) is 5.21. The van der Waals surface area contributed by atoms with Crippen LogP contribution in [0.1, 0.15) is 16.7 Å². The molecule has 0 spiro atoms. The first-order valence-corrected chi connectivity index (χ1v) is 7.88. The number of benzene rings is 2. The van der Waals surface area contributed by atoms with Crippen LogP contribution in [0.3, 0.4) is 0 Å². The van der Waals surface area contributed by atoms with E-state index in [2.05, 4.69) is 5.16 Å². The van der Waals surface area contributed by atoms with Crippen LogP contribution in [0.5, 0.6) is 5.75 Å². The third-order valence-corrected chi connectivity index (χ3v) is 3.52. The topological polar surface area (TPSA) is 66.4 Å². The highest BCUT2D eigenvalue weighted by Crippen LogP contribution is 2.20. The molecule has 0 unspecified atom stereocenters. The Hall–Kier alpha value is -3.28. The van der Waals surface area contributed by atoms with Crippen LogP contribution < -0.4 is 4.74 Å². The van der Waals surface area contributed by atoms with Gasteiger partial charge < -0.3 is 19.0 Å². The normalized spacial score (nSPS) is 11.3. The average molecular weight is 355 g/mol. The van der Waals surface area contributed by atoms with E-state index in [0.717, 1.165) is 11.3 Å². The second-order valence-electron chi connectivity index (χ2n) is 5.21. The Morgan fingerprint density at radius 1 is 1.08 bits per heavy atom. The van der Waals surface area contributed by atoms with E-state index in [4.69, 9.17) is 19.0 Å². The van der Waals surface area contributed by atoms with E-state index in [9.17, 15) is 4.79 Å². The molecule has 0 fully saturated rings. The maximum Gasteiger partial charge on any atom is 0.341 e. The zero-order chi connectivity index (χ0) is 18.8. The Morgan fingerprint density at radius 2 is 1.88 bits per heavy atom. The molecule has 2 aromatic carbocycles. The van der Waals surface area contributed by atoms with Crippen molar-refractivity contribution in [2.45, 2.75) is 6.61 Å². The molecule has 2 rings (SSSR count). The lowest BCUT2D eigenvalue weighted by Crippen LogP contribution is -2.06. The van der Waals surface area contributed by atoms with Gasteiger partial charge in [-0.1, -0.05) is 41.6 Å². The highest BCUT2D eigenvalue weighted by Gasteiger charge is 2.15. The van der Waals surface area contributed by atoms with E-state index >= 15 is 0 Å². The minimum Gasteiger partial charge on any atom is -0.503 e. The van der Waals surface area contributed by atoms with Crippen molar-refractivity contribution in [3.8, 4) is 5.75 Å². The molecule has 6 nitrogen and oxygen atoms in total. The number of nitrogens with zero attached hydrogens (tertiary/aromatic N) is 1. The quantitative estimate of drug-likeness (QED) is 0.239. The number of carbonyl (C=O) groups excluding carboxylic acids is 1. The van der Waals surface area contributed by atoms with Gasteiger partial charge in [-0.05, 0) is 17.7 Å². The van der Waals surface area contributed by atoms with Gasteiger partial charge >= 0.3 is 5.97 Å². The van der Waals surface area contributed by atoms with Crippen molar-refractivity contribution in [2.75, 3.05) is 21.3 Å². The van der Waals surface area contributed by atoms with Gasteiger partial charge in [0, 0.05) is 11.1 Å². The molecule has 6 heteroatoms. The van der Waals surface area contributed by atoms with Gasteiger partial charge in [-0.3, -0.25) is 0 Å². The third kappa shape index (κ3) is 5.11. The van der Waals surface area contributed by atoms with Crippen LogP contribution in [0.4, 0.5) is 0 Å². The Kier molecular flexibility index (Phi) is 7.24. The summed E-state index contributed by atoms with van der Waals surface area (Å²) in [5.74, 6) is 0.262. The smallest absolute Gasteiger partial charge is 0.341 e. The molecule has 0 radical (unpaired) electrons. The van der Waals surface area contributed by atoms with E-state index in [1.807, 2.05) is 42.5 Å². The lowest BCUT2D eigenvalue weighted by molar-refractivity contribution is -0.133. The first-order valence-electron chi connectivity index (χ1n) is 7.88. The molecule has 2 aromatic rings. The van der Waals surface area contributed by atoms with Crippen molar-refractivity contribution in [3.63, 3.8) is 0 Å². The van der Waals surface area contributed by atoms with Crippen molar-refractivity contribution in [1.82, 2.24) is 0 Å². The minimum atomic E-state index is -0.495. The summed E-state index contributed by atoms with van der Waals surface area (Å²) in [6.45, 7) is 0.299. The fraction of sp³-hybridized carbons (Fsp3) is 0.200. The van der Waals surface area contributed by atoms with E-state index < -0.39 is 5.97 Å². The number of oxime groups is 1. The van der Waals surface area contributed by atoms with Crippen LogP contribution in [0, 0.1) is 0 Å². The van der Waals surface area contributed by atoms with Gasteiger partial charge in [-0.2, -0.15) is 0 Å². The Labute approximate surface area is 152 Å². The molecule has 0 aromatic heterocycles. The number of hydrogen-bond acceptors (Lipinski definition) is 6. The predicted molar refractivity (Wildman–Crippen MR) is 98.8 cm³/mol. The van der Waals surface area contributed by atoms with Crippen molar-refractivity contribution in [2.24, 2.45) is 5.16 Å². The van der Waals surface area contributed by atoms with Crippen LogP contribution in [0.2, 0.25) is 0 Å². The molecule has 26 heavy (non-hydrogen) atoms. The first kappa shape index (κ1) is 19.1. The molecule has 0 aliphatic carbocycles. The second kappa shape index (κ2) is 9.88.